The van der Waals surface area contributed by atoms with E-state index in [4.69, 9.17) is 38.2 Å². The number of anilines is 1. The highest BCUT2D eigenvalue weighted by molar-refractivity contribution is 6.75. The van der Waals surface area contributed by atoms with Crippen LogP contribution in [0, 0.1) is 0 Å². The van der Waals surface area contributed by atoms with E-state index in [-0.39, 0.29) is 21.1 Å². The van der Waals surface area contributed by atoms with E-state index in [2.05, 4.69) is 124 Å². The van der Waals surface area contributed by atoms with E-state index in [0.29, 0.717) is 43.5 Å². The van der Waals surface area contributed by atoms with Crippen molar-refractivity contribution >= 4 is 42.1 Å². The van der Waals surface area contributed by atoms with Gasteiger partial charge in [-0.2, -0.15) is 9.97 Å². The first kappa shape index (κ1) is 41.6. The molecule has 3 aromatic rings. The molecule has 1 aromatic carbocycles. The molecular formula is C37H65N5O6Si3. The zero-order chi connectivity index (χ0) is 38.2. The van der Waals surface area contributed by atoms with E-state index < -0.39 is 49.5 Å². The van der Waals surface area contributed by atoms with E-state index in [1.165, 1.54) is 0 Å². The van der Waals surface area contributed by atoms with E-state index in [0.717, 1.165) is 5.56 Å². The van der Waals surface area contributed by atoms with Gasteiger partial charge in [-0.25, -0.2) is 4.98 Å². The number of nitrogens with two attached hydrogens (primary N) is 1. The first-order chi connectivity index (χ1) is 23.3. The Labute approximate surface area is 309 Å². The lowest BCUT2D eigenvalue weighted by atomic mass is 10.1. The van der Waals surface area contributed by atoms with E-state index in [9.17, 15) is 0 Å². The van der Waals surface area contributed by atoms with Crippen LogP contribution in [0.1, 0.15) is 74.1 Å². The highest BCUT2D eigenvalue weighted by Crippen LogP contribution is 2.45. The van der Waals surface area contributed by atoms with Crippen molar-refractivity contribution in [2.24, 2.45) is 0 Å². The van der Waals surface area contributed by atoms with E-state index in [1.54, 1.807) is 6.33 Å². The SMILES string of the molecule is CC(C)(C)[Si](C)(C)OC[C@H]1O[C@@H](n2cnc3c(O[Si](C)(C)C(C)(C)C)nc(N)nc32)[C@H](OCCOCc2ccccc2)[C@@H]1O[Si](C)(C)C(C)(C)C. The van der Waals surface area contributed by atoms with Crippen LogP contribution in [0.4, 0.5) is 5.95 Å². The highest BCUT2D eigenvalue weighted by atomic mass is 28.4. The van der Waals surface area contributed by atoms with Gasteiger partial charge in [0.15, 0.2) is 34.0 Å². The second-order valence-electron chi connectivity index (χ2n) is 18.4. The summed E-state index contributed by atoms with van der Waals surface area (Å²) in [5.41, 5.74) is 8.51. The molecule has 1 aliphatic rings. The Morgan fingerprint density at radius 2 is 1.39 bits per heavy atom. The van der Waals surface area contributed by atoms with Crippen molar-refractivity contribution in [2.75, 3.05) is 25.6 Å². The molecule has 0 bridgehead atoms. The van der Waals surface area contributed by atoms with Crippen molar-refractivity contribution in [3.8, 4) is 5.88 Å². The fourth-order valence-corrected chi connectivity index (χ4v) is 8.24. The molecule has 2 N–H and O–H groups in total. The third kappa shape index (κ3) is 9.68. The van der Waals surface area contributed by atoms with Crippen LogP contribution in [0.15, 0.2) is 36.7 Å². The van der Waals surface area contributed by atoms with Crippen molar-refractivity contribution in [2.45, 2.75) is 148 Å². The van der Waals surface area contributed by atoms with Crippen LogP contribution in [0.5, 0.6) is 5.88 Å². The Bertz CT molecular complexity index is 1600. The molecule has 51 heavy (non-hydrogen) atoms. The van der Waals surface area contributed by atoms with Crippen molar-refractivity contribution < 1.29 is 27.5 Å². The van der Waals surface area contributed by atoms with Crippen LogP contribution in [-0.4, -0.2) is 82.6 Å². The normalized spacial score (nSPS) is 21.1. The Morgan fingerprint density at radius 3 is 1.98 bits per heavy atom. The maximum Gasteiger partial charge on any atom is 0.252 e. The molecular weight excluding hydrogens is 695 g/mol. The van der Waals surface area contributed by atoms with Gasteiger partial charge in [0.1, 0.15) is 18.3 Å². The molecule has 0 aliphatic carbocycles. The molecule has 0 spiro atoms. The number of hydrogen-bond acceptors (Lipinski definition) is 10. The number of aromatic nitrogens is 4. The maximum atomic E-state index is 7.23. The van der Waals surface area contributed by atoms with Crippen molar-refractivity contribution in [1.29, 1.82) is 0 Å². The van der Waals surface area contributed by atoms with Crippen LogP contribution < -0.4 is 10.2 Å². The van der Waals surface area contributed by atoms with Gasteiger partial charge in [-0.15, -0.1) is 0 Å². The minimum absolute atomic E-state index is 0.0301. The van der Waals surface area contributed by atoms with Gasteiger partial charge in [-0.05, 0) is 60.0 Å². The van der Waals surface area contributed by atoms with E-state index in [1.807, 2.05) is 22.8 Å². The van der Waals surface area contributed by atoms with Gasteiger partial charge in [0.05, 0.1) is 32.8 Å². The molecule has 0 unspecified atom stereocenters. The Hall–Kier alpha value is -2.18. The summed E-state index contributed by atoms with van der Waals surface area (Å²) in [7, 11) is -6.72. The molecule has 0 amide bonds. The first-order valence-corrected chi connectivity index (χ1v) is 27.0. The minimum atomic E-state index is -2.32. The van der Waals surface area contributed by atoms with Crippen molar-refractivity contribution in [3.05, 3.63) is 42.2 Å². The summed E-state index contributed by atoms with van der Waals surface area (Å²) in [6.45, 7) is 35.0. The number of nitrogen functional groups attached to an aromatic ring is 1. The molecule has 4 rings (SSSR count). The second kappa shape index (κ2) is 15.3. The molecule has 1 aliphatic heterocycles. The lowest BCUT2D eigenvalue weighted by Crippen LogP contribution is -2.51. The fraction of sp³-hybridized carbons (Fsp3) is 0.703. The van der Waals surface area contributed by atoms with Crippen LogP contribution in [0.3, 0.4) is 0 Å². The predicted molar refractivity (Wildman–Crippen MR) is 213 cm³/mol. The van der Waals surface area contributed by atoms with Crippen LogP contribution in [0.2, 0.25) is 54.4 Å². The molecule has 11 nitrogen and oxygen atoms in total. The summed E-state index contributed by atoms with van der Waals surface area (Å²) >= 11 is 0. The largest absolute Gasteiger partial charge is 0.529 e. The Kier molecular flexibility index (Phi) is 12.5. The quantitative estimate of drug-likeness (QED) is 0.126. The van der Waals surface area contributed by atoms with Gasteiger partial charge in [0.2, 0.25) is 11.8 Å². The Morgan fingerprint density at radius 1 is 0.784 bits per heavy atom. The summed E-state index contributed by atoms with van der Waals surface area (Å²) < 4.78 is 42.4. The number of rotatable bonds is 14. The smallest absolute Gasteiger partial charge is 0.252 e. The number of fused-ring (bicyclic) bond motifs is 1. The predicted octanol–water partition coefficient (Wildman–Crippen LogP) is 8.70. The second-order valence-corrected chi connectivity index (χ2v) is 32.7. The van der Waals surface area contributed by atoms with Gasteiger partial charge in [-0.1, -0.05) is 92.6 Å². The average molecular weight is 760 g/mol. The van der Waals surface area contributed by atoms with Crippen molar-refractivity contribution in [1.82, 2.24) is 19.5 Å². The summed E-state index contributed by atoms with van der Waals surface area (Å²) in [5, 5.41) is -0.0652. The highest BCUT2D eigenvalue weighted by Gasteiger charge is 2.53. The molecule has 0 saturated carbocycles. The lowest BCUT2D eigenvalue weighted by Gasteiger charge is -2.41. The molecule has 0 radical (unpaired) electrons. The van der Waals surface area contributed by atoms with E-state index >= 15 is 0 Å². The van der Waals surface area contributed by atoms with Crippen LogP contribution in [-0.2, 0) is 29.7 Å². The van der Waals surface area contributed by atoms with Gasteiger partial charge in [-0.3, -0.25) is 4.57 Å². The lowest BCUT2D eigenvalue weighted by molar-refractivity contribution is -0.0812. The van der Waals surface area contributed by atoms with Gasteiger partial charge >= 0.3 is 0 Å². The van der Waals surface area contributed by atoms with Gasteiger partial charge in [0.25, 0.3) is 8.32 Å². The minimum Gasteiger partial charge on any atom is -0.529 e. The first-order valence-electron chi connectivity index (χ1n) is 18.2. The molecule has 14 heteroatoms. The maximum absolute atomic E-state index is 7.23. The molecule has 1 fully saturated rings. The molecule has 2 aromatic heterocycles. The number of nitrogens with zero attached hydrogens (tertiary/aromatic N) is 4. The van der Waals surface area contributed by atoms with Gasteiger partial charge < -0.3 is 33.2 Å². The monoisotopic (exact) mass is 759 g/mol. The van der Waals surface area contributed by atoms with Crippen LogP contribution in [0.25, 0.3) is 11.2 Å². The summed E-state index contributed by atoms with van der Waals surface area (Å²) in [6.07, 6.45) is -0.264. The number of ether oxygens (including phenoxy) is 3. The van der Waals surface area contributed by atoms with Crippen LogP contribution >= 0.6 is 0 Å². The summed E-state index contributed by atoms with van der Waals surface area (Å²) in [5.74, 6) is 0.495. The average Bonchev–Trinajstić information content (AvgIpc) is 3.55. The van der Waals surface area contributed by atoms with Crippen molar-refractivity contribution in [3.63, 3.8) is 0 Å². The molecule has 4 atom stereocenters. The third-order valence-electron chi connectivity index (χ3n) is 11.4. The molecule has 286 valence electrons. The number of hydrogen-bond donors (Lipinski definition) is 1. The topological polar surface area (TPSA) is 125 Å². The number of benzene rings is 1. The Balaban J connectivity index is 1.74. The number of imidazole rings is 1. The van der Waals surface area contributed by atoms with Gasteiger partial charge in [0, 0.05) is 0 Å². The third-order valence-corrected chi connectivity index (χ3v) is 24.7. The standard InChI is InChI=1S/C37H65N5O6Si3/c1-35(2,3)49(10,11)45-24-27-29(47-50(12,13)36(4,5)6)30(44-22-21-43-23-26-19-17-16-18-20-26)33(46-27)42-25-39-28-31(42)40-34(38)41-32(28)48-51(14,15)37(7,8)9/h16-20,25,27,29-30,33H,21-24H2,1-15H3,(H2,38,40,41)/t27-,29-,30-,33-/m1/s1. The fourth-order valence-electron chi connectivity index (χ4n) is 4.98. The summed E-state index contributed by atoms with van der Waals surface area (Å²) in [4.78, 5) is 14.0. The molecule has 1 saturated heterocycles. The zero-order valence-electron chi connectivity index (χ0n) is 33.9. The molecule has 3 heterocycles. The summed E-state index contributed by atoms with van der Waals surface area (Å²) in [6, 6.07) is 10.1. The zero-order valence-corrected chi connectivity index (χ0v) is 36.9.